The van der Waals surface area contributed by atoms with Crippen LogP contribution in [0, 0.1) is 5.92 Å². The van der Waals surface area contributed by atoms with Gasteiger partial charge in [0.2, 0.25) is 0 Å². The van der Waals surface area contributed by atoms with Gasteiger partial charge < -0.3 is 4.74 Å². The fourth-order valence-electron chi connectivity index (χ4n) is 1.59. The third-order valence-electron chi connectivity index (χ3n) is 2.45. The molecule has 0 bridgehead atoms. The summed E-state index contributed by atoms with van der Waals surface area (Å²) in [5, 5.41) is 0. The van der Waals surface area contributed by atoms with Gasteiger partial charge in [0, 0.05) is 24.6 Å². The lowest BCUT2D eigenvalue weighted by Crippen LogP contribution is -2.26. The second-order valence-corrected chi connectivity index (χ2v) is 4.58. The fraction of sp³-hybridized carbons (Fsp3) is 0.600. The number of rotatable bonds is 5. The number of nitrogens with zero attached hydrogens (tertiary/aromatic N) is 1. The summed E-state index contributed by atoms with van der Waals surface area (Å²) in [7, 11) is 1.62. The summed E-state index contributed by atoms with van der Waals surface area (Å²) >= 11 is 1.52. The number of carbonyl (C=O) groups excluding carboxylic acids is 1. The molecule has 1 heterocycles. The van der Waals surface area contributed by atoms with Crippen LogP contribution in [-0.4, -0.2) is 24.0 Å². The second kappa shape index (κ2) is 4.19. The van der Waals surface area contributed by atoms with Crippen LogP contribution in [0.4, 0.5) is 0 Å². The average Bonchev–Trinajstić information content (AvgIpc) is 2.86. The summed E-state index contributed by atoms with van der Waals surface area (Å²) < 4.78 is 5.22. The molecule has 76 valence electrons. The maximum atomic E-state index is 11.8. The van der Waals surface area contributed by atoms with E-state index >= 15 is 0 Å². The van der Waals surface area contributed by atoms with Crippen molar-refractivity contribution in [3.63, 3.8) is 0 Å². The third kappa shape index (κ3) is 2.19. The lowest BCUT2D eigenvalue weighted by molar-refractivity contribution is -0.129. The minimum Gasteiger partial charge on any atom is -0.373 e. The lowest BCUT2D eigenvalue weighted by Gasteiger charge is -2.11. The first kappa shape index (κ1) is 9.80. The Labute approximate surface area is 87.1 Å². The molecular formula is C10H13NO2S. The highest BCUT2D eigenvalue weighted by atomic mass is 32.1. The van der Waals surface area contributed by atoms with Crippen LogP contribution in [0.25, 0.3) is 0 Å². The number of ketones is 1. The van der Waals surface area contributed by atoms with Crippen LogP contribution in [0.2, 0.25) is 0 Å². The average molecular weight is 211 g/mol. The Morgan fingerprint density at radius 3 is 3.07 bits per heavy atom. The first-order valence-electron chi connectivity index (χ1n) is 4.74. The van der Waals surface area contributed by atoms with Crippen LogP contribution in [0.1, 0.15) is 17.7 Å². The van der Waals surface area contributed by atoms with Crippen molar-refractivity contribution in [1.29, 1.82) is 0 Å². The van der Waals surface area contributed by atoms with E-state index in [0.29, 0.717) is 12.3 Å². The molecule has 1 aromatic heterocycles. The van der Waals surface area contributed by atoms with E-state index < -0.39 is 0 Å². The van der Waals surface area contributed by atoms with E-state index in [4.69, 9.17) is 4.74 Å². The highest BCUT2D eigenvalue weighted by molar-refractivity contribution is 7.09. The molecule has 14 heavy (non-hydrogen) atoms. The van der Waals surface area contributed by atoms with Gasteiger partial charge in [-0.25, -0.2) is 0 Å². The van der Waals surface area contributed by atoms with Gasteiger partial charge in [-0.2, -0.15) is 0 Å². The Bertz CT molecular complexity index is 306. The molecule has 1 fully saturated rings. The Morgan fingerprint density at radius 2 is 2.57 bits per heavy atom. The van der Waals surface area contributed by atoms with E-state index in [-0.39, 0.29) is 11.9 Å². The van der Waals surface area contributed by atoms with Crippen molar-refractivity contribution in [2.45, 2.75) is 25.4 Å². The summed E-state index contributed by atoms with van der Waals surface area (Å²) in [6, 6.07) is 0. The molecule has 1 aliphatic rings. The maximum Gasteiger partial charge on any atom is 0.167 e. The first-order chi connectivity index (χ1) is 6.81. The fourth-order valence-corrected chi connectivity index (χ4v) is 2.19. The zero-order valence-electron chi connectivity index (χ0n) is 8.10. The number of Topliss-reactive ketones (excluding diaryl/α,β-unsaturated/α-hetero) is 1. The molecule has 1 saturated carbocycles. The molecule has 0 aromatic carbocycles. The zero-order valence-corrected chi connectivity index (χ0v) is 8.92. The van der Waals surface area contributed by atoms with Crippen LogP contribution in [-0.2, 0) is 16.0 Å². The van der Waals surface area contributed by atoms with Crippen molar-refractivity contribution in [3.05, 3.63) is 16.6 Å². The van der Waals surface area contributed by atoms with Crippen molar-refractivity contribution in [1.82, 2.24) is 4.98 Å². The standard InChI is InChI=1S/C10H13NO2S/c1-13-10(7-2-3-7)9(12)4-8-5-11-6-14-8/h5-7,10H,2-4H2,1H3. The Hall–Kier alpha value is -0.740. The van der Waals surface area contributed by atoms with Crippen LogP contribution < -0.4 is 0 Å². The minimum atomic E-state index is -0.183. The van der Waals surface area contributed by atoms with Crippen molar-refractivity contribution in [2.24, 2.45) is 5.92 Å². The summed E-state index contributed by atoms with van der Waals surface area (Å²) in [5.74, 6) is 0.666. The number of hydrogen-bond acceptors (Lipinski definition) is 4. The van der Waals surface area contributed by atoms with Crippen molar-refractivity contribution in [2.75, 3.05) is 7.11 Å². The van der Waals surface area contributed by atoms with Gasteiger partial charge in [0.25, 0.3) is 0 Å². The molecule has 1 aliphatic carbocycles. The largest absolute Gasteiger partial charge is 0.373 e. The molecule has 1 atom stereocenters. The molecule has 0 aliphatic heterocycles. The van der Waals surface area contributed by atoms with Crippen LogP contribution in [0.15, 0.2) is 11.7 Å². The monoisotopic (exact) mass is 211 g/mol. The first-order valence-corrected chi connectivity index (χ1v) is 5.62. The number of carbonyl (C=O) groups is 1. The molecule has 1 aromatic rings. The van der Waals surface area contributed by atoms with E-state index in [1.807, 2.05) is 0 Å². The third-order valence-corrected chi connectivity index (χ3v) is 3.23. The Morgan fingerprint density at radius 1 is 1.79 bits per heavy atom. The van der Waals surface area contributed by atoms with Crippen LogP contribution in [0.5, 0.6) is 0 Å². The molecular weight excluding hydrogens is 198 g/mol. The number of hydrogen-bond donors (Lipinski definition) is 0. The lowest BCUT2D eigenvalue weighted by atomic mass is 10.1. The summed E-state index contributed by atoms with van der Waals surface area (Å²) in [4.78, 5) is 16.7. The SMILES string of the molecule is COC(C(=O)Cc1cncs1)C1CC1. The topological polar surface area (TPSA) is 39.2 Å². The summed E-state index contributed by atoms with van der Waals surface area (Å²) in [6.45, 7) is 0. The normalized spacial score (nSPS) is 18.1. The molecule has 0 spiro atoms. The predicted octanol–water partition coefficient (Wildman–Crippen LogP) is 1.68. The van der Waals surface area contributed by atoms with E-state index in [1.54, 1.807) is 18.8 Å². The maximum absolute atomic E-state index is 11.8. The second-order valence-electron chi connectivity index (χ2n) is 3.60. The molecule has 0 radical (unpaired) electrons. The Balaban J connectivity index is 1.93. The predicted molar refractivity (Wildman–Crippen MR) is 54.3 cm³/mol. The van der Waals surface area contributed by atoms with Gasteiger partial charge in [-0.3, -0.25) is 9.78 Å². The number of methoxy groups -OCH3 is 1. The molecule has 0 N–H and O–H groups in total. The van der Waals surface area contributed by atoms with E-state index in [0.717, 1.165) is 17.7 Å². The van der Waals surface area contributed by atoms with E-state index in [1.165, 1.54) is 11.3 Å². The van der Waals surface area contributed by atoms with Gasteiger partial charge in [-0.15, -0.1) is 11.3 Å². The molecule has 0 amide bonds. The van der Waals surface area contributed by atoms with Crippen molar-refractivity contribution >= 4 is 17.1 Å². The molecule has 2 rings (SSSR count). The molecule has 4 heteroatoms. The quantitative estimate of drug-likeness (QED) is 0.744. The number of thiazole rings is 1. The number of aromatic nitrogens is 1. The Kier molecular flexibility index (Phi) is 2.93. The highest BCUT2D eigenvalue weighted by Gasteiger charge is 2.35. The summed E-state index contributed by atoms with van der Waals surface area (Å²) in [6.07, 6.45) is 4.30. The van der Waals surface area contributed by atoms with Gasteiger partial charge in [0.1, 0.15) is 6.10 Å². The minimum absolute atomic E-state index is 0.183. The van der Waals surface area contributed by atoms with Crippen LogP contribution in [0.3, 0.4) is 0 Å². The zero-order chi connectivity index (χ0) is 9.97. The van der Waals surface area contributed by atoms with Crippen molar-refractivity contribution < 1.29 is 9.53 Å². The summed E-state index contributed by atoms with van der Waals surface area (Å²) in [5.41, 5.74) is 1.75. The molecule has 1 unspecified atom stereocenters. The van der Waals surface area contributed by atoms with Gasteiger partial charge in [-0.05, 0) is 18.8 Å². The smallest absolute Gasteiger partial charge is 0.167 e. The van der Waals surface area contributed by atoms with Gasteiger partial charge in [0.05, 0.1) is 5.51 Å². The van der Waals surface area contributed by atoms with Crippen molar-refractivity contribution in [3.8, 4) is 0 Å². The van der Waals surface area contributed by atoms with E-state index in [9.17, 15) is 4.79 Å². The van der Waals surface area contributed by atoms with Gasteiger partial charge in [0.15, 0.2) is 5.78 Å². The molecule has 3 nitrogen and oxygen atoms in total. The number of ether oxygens (including phenoxy) is 1. The molecule has 0 saturated heterocycles. The van der Waals surface area contributed by atoms with E-state index in [2.05, 4.69) is 4.98 Å². The van der Waals surface area contributed by atoms with Gasteiger partial charge >= 0.3 is 0 Å². The van der Waals surface area contributed by atoms with Gasteiger partial charge in [-0.1, -0.05) is 0 Å². The van der Waals surface area contributed by atoms with Crippen LogP contribution >= 0.6 is 11.3 Å². The highest BCUT2D eigenvalue weighted by Crippen LogP contribution is 2.34.